The fourth-order valence-electron chi connectivity index (χ4n) is 1.38. The number of halogens is 1. The first-order chi connectivity index (χ1) is 7.75. The highest BCUT2D eigenvalue weighted by Crippen LogP contribution is 2.11. The fourth-order valence-corrected chi connectivity index (χ4v) is 2.63. The molecule has 1 aromatic heterocycles. The zero-order valence-corrected chi connectivity index (χ0v) is 12.4. The molecular formula is C11H17IN2OS. The third-order valence-corrected chi connectivity index (χ3v) is 3.99. The lowest BCUT2D eigenvalue weighted by Gasteiger charge is -2.03. The van der Waals surface area contributed by atoms with E-state index >= 15 is 0 Å². The number of aromatic nitrogens is 1. The van der Waals surface area contributed by atoms with Gasteiger partial charge in [-0.05, 0) is 24.2 Å². The maximum absolute atomic E-state index is 11.7. The van der Waals surface area contributed by atoms with E-state index in [4.69, 9.17) is 0 Å². The van der Waals surface area contributed by atoms with Gasteiger partial charge in [0.2, 0.25) is 0 Å². The Balaban J connectivity index is 2.14. The van der Waals surface area contributed by atoms with E-state index in [1.165, 1.54) is 35.0 Å². The third kappa shape index (κ3) is 4.78. The summed E-state index contributed by atoms with van der Waals surface area (Å²) < 4.78 is 1.23. The van der Waals surface area contributed by atoms with Crippen LogP contribution in [-0.4, -0.2) is 21.9 Å². The molecule has 1 amide bonds. The molecule has 0 aromatic carbocycles. The first-order valence-corrected chi connectivity index (χ1v) is 7.90. The lowest BCUT2D eigenvalue weighted by atomic mass is 10.2. The number of alkyl halides is 1. The van der Waals surface area contributed by atoms with Crippen molar-refractivity contribution < 1.29 is 4.79 Å². The molecule has 0 atom stereocenters. The lowest BCUT2D eigenvalue weighted by molar-refractivity contribution is 0.0956. The largest absolute Gasteiger partial charge is 0.351 e. The maximum Gasteiger partial charge on any atom is 0.263 e. The number of hydrogen-bond acceptors (Lipinski definition) is 3. The summed E-state index contributed by atoms with van der Waals surface area (Å²) in [4.78, 5) is 16.5. The molecule has 0 aliphatic carbocycles. The molecule has 0 saturated carbocycles. The van der Waals surface area contributed by atoms with Crippen molar-refractivity contribution in [3.05, 3.63) is 16.1 Å². The molecule has 1 heterocycles. The van der Waals surface area contributed by atoms with Crippen molar-refractivity contribution in [1.29, 1.82) is 0 Å². The Morgan fingerprint density at radius 1 is 1.44 bits per heavy atom. The van der Waals surface area contributed by atoms with Gasteiger partial charge >= 0.3 is 0 Å². The molecule has 16 heavy (non-hydrogen) atoms. The molecule has 0 aliphatic rings. The smallest absolute Gasteiger partial charge is 0.263 e. The van der Waals surface area contributed by atoms with Gasteiger partial charge in [-0.25, -0.2) is 4.98 Å². The molecule has 1 N–H and O–H groups in total. The van der Waals surface area contributed by atoms with Gasteiger partial charge in [0.05, 0.1) is 11.2 Å². The monoisotopic (exact) mass is 352 g/mol. The van der Waals surface area contributed by atoms with Crippen molar-refractivity contribution >= 4 is 39.8 Å². The molecule has 0 unspecified atom stereocenters. The Bertz CT molecular complexity index is 328. The van der Waals surface area contributed by atoms with Gasteiger partial charge in [-0.1, -0.05) is 35.4 Å². The number of carbonyl (C=O) groups excluding carboxylic acids is 1. The van der Waals surface area contributed by atoms with Crippen LogP contribution in [0.4, 0.5) is 0 Å². The van der Waals surface area contributed by atoms with Crippen molar-refractivity contribution in [1.82, 2.24) is 10.3 Å². The second kappa shape index (κ2) is 8.00. The summed E-state index contributed by atoms with van der Waals surface area (Å²) in [5.41, 5.74) is 2.54. The Labute approximate surface area is 114 Å². The van der Waals surface area contributed by atoms with Gasteiger partial charge in [-0.3, -0.25) is 4.79 Å². The molecule has 3 nitrogen and oxygen atoms in total. The summed E-state index contributed by atoms with van der Waals surface area (Å²) in [7, 11) is 0. The van der Waals surface area contributed by atoms with Crippen molar-refractivity contribution in [3.63, 3.8) is 0 Å². The number of thiazole rings is 1. The highest BCUT2D eigenvalue weighted by molar-refractivity contribution is 14.1. The number of rotatable bonds is 7. The van der Waals surface area contributed by atoms with Crippen LogP contribution in [-0.2, 0) is 0 Å². The predicted octanol–water partition coefficient (Wildman–Crippen LogP) is 3.18. The standard InChI is InChI=1S/C11H17IN2OS/c1-9-10(16-8-14-9)11(15)13-7-5-3-2-4-6-12/h8H,2-7H2,1H3,(H,13,15). The highest BCUT2D eigenvalue weighted by Gasteiger charge is 2.10. The highest BCUT2D eigenvalue weighted by atomic mass is 127. The third-order valence-electron chi connectivity index (χ3n) is 2.30. The van der Waals surface area contributed by atoms with Gasteiger partial charge in [-0.2, -0.15) is 0 Å². The van der Waals surface area contributed by atoms with Crippen LogP contribution in [0.15, 0.2) is 5.51 Å². The zero-order chi connectivity index (χ0) is 11.8. The summed E-state index contributed by atoms with van der Waals surface area (Å²) in [6.07, 6.45) is 4.81. The summed E-state index contributed by atoms with van der Waals surface area (Å²) in [5.74, 6) is 0.0221. The molecular weight excluding hydrogens is 335 g/mol. The van der Waals surface area contributed by atoms with Crippen LogP contribution >= 0.6 is 33.9 Å². The average Bonchev–Trinajstić information content (AvgIpc) is 2.69. The maximum atomic E-state index is 11.7. The van der Waals surface area contributed by atoms with E-state index < -0.39 is 0 Å². The molecule has 1 rings (SSSR count). The molecule has 0 radical (unpaired) electrons. The van der Waals surface area contributed by atoms with E-state index in [2.05, 4.69) is 32.9 Å². The first-order valence-electron chi connectivity index (χ1n) is 5.50. The number of nitrogens with one attached hydrogen (secondary N) is 1. The van der Waals surface area contributed by atoms with Gasteiger partial charge in [0, 0.05) is 6.54 Å². The minimum absolute atomic E-state index is 0.0221. The van der Waals surface area contributed by atoms with E-state index in [9.17, 15) is 4.79 Å². The van der Waals surface area contributed by atoms with Crippen LogP contribution in [0, 0.1) is 6.92 Å². The van der Waals surface area contributed by atoms with Crippen LogP contribution in [0.5, 0.6) is 0 Å². The Hall–Kier alpha value is -0.170. The van der Waals surface area contributed by atoms with Crippen molar-refractivity contribution in [2.24, 2.45) is 0 Å². The summed E-state index contributed by atoms with van der Waals surface area (Å²) in [6, 6.07) is 0. The molecule has 0 aliphatic heterocycles. The summed E-state index contributed by atoms with van der Waals surface area (Å²) >= 11 is 3.80. The molecule has 0 fully saturated rings. The van der Waals surface area contributed by atoms with Gasteiger partial charge in [0.1, 0.15) is 4.88 Å². The van der Waals surface area contributed by atoms with E-state index in [1.54, 1.807) is 5.51 Å². The van der Waals surface area contributed by atoms with Crippen LogP contribution in [0.2, 0.25) is 0 Å². The number of aryl methyl sites for hydroxylation is 1. The zero-order valence-electron chi connectivity index (χ0n) is 9.46. The van der Waals surface area contributed by atoms with Crippen LogP contribution in [0.1, 0.15) is 41.0 Å². The minimum atomic E-state index is 0.0221. The van der Waals surface area contributed by atoms with Gasteiger partial charge < -0.3 is 5.32 Å². The SMILES string of the molecule is Cc1ncsc1C(=O)NCCCCCCI. The Morgan fingerprint density at radius 3 is 2.81 bits per heavy atom. The average molecular weight is 352 g/mol. The van der Waals surface area contributed by atoms with E-state index in [0.29, 0.717) is 0 Å². The van der Waals surface area contributed by atoms with Crippen molar-refractivity contribution in [2.75, 3.05) is 11.0 Å². The van der Waals surface area contributed by atoms with E-state index in [-0.39, 0.29) is 5.91 Å². The predicted molar refractivity (Wildman–Crippen MR) is 76.5 cm³/mol. The Morgan fingerprint density at radius 2 is 2.19 bits per heavy atom. The molecule has 5 heteroatoms. The summed E-state index contributed by atoms with van der Waals surface area (Å²) in [6.45, 7) is 2.64. The fraction of sp³-hybridized carbons (Fsp3) is 0.636. The number of unbranched alkanes of at least 4 members (excludes halogenated alkanes) is 3. The van der Waals surface area contributed by atoms with Gasteiger partial charge in [0.15, 0.2) is 0 Å². The molecule has 0 saturated heterocycles. The number of nitrogens with zero attached hydrogens (tertiary/aromatic N) is 1. The number of carbonyl (C=O) groups is 1. The molecule has 1 aromatic rings. The first kappa shape index (κ1) is 13.9. The van der Waals surface area contributed by atoms with Crippen LogP contribution < -0.4 is 5.32 Å². The second-order valence-electron chi connectivity index (χ2n) is 3.63. The van der Waals surface area contributed by atoms with Crippen LogP contribution in [0.25, 0.3) is 0 Å². The minimum Gasteiger partial charge on any atom is -0.351 e. The van der Waals surface area contributed by atoms with E-state index in [0.717, 1.165) is 23.5 Å². The molecule has 0 spiro atoms. The summed E-state index contributed by atoms with van der Waals surface area (Å²) in [5, 5.41) is 2.93. The van der Waals surface area contributed by atoms with Gasteiger partial charge in [-0.15, -0.1) is 11.3 Å². The quantitative estimate of drug-likeness (QED) is 0.465. The lowest BCUT2D eigenvalue weighted by Crippen LogP contribution is -2.24. The number of hydrogen-bond donors (Lipinski definition) is 1. The van der Waals surface area contributed by atoms with E-state index in [1.807, 2.05) is 6.92 Å². The molecule has 90 valence electrons. The van der Waals surface area contributed by atoms with Crippen molar-refractivity contribution in [2.45, 2.75) is 32.6 Å². The number of amides is 1. The topological polar surface area (TPSA) is 42.0 Å². The normalized spacial score (nSPS) is 10.4. The van der Waals surface area contributed by atoms with Crippen LogP contribution in [0.3, 0.4) is 0 Å². The Kier molecular flexibility index (Phi) is 6.95. The molecule has 0 bridgehead atoms. The van der Waals surface area contributed by atoms with Crippen molar-refractivity contribution in [3.8, 4) is 0 Å². The second-order valence-corrected chi connectivity index (χ2v) is 5.56. The van der Waals surface area contributed by atoms with Gasteiger partial charge in [0.25, 0.3) is 5.91 Å².